The number of halogens is 2. The highest BCUT2D eigenvalue weighted by molar-refractivity contribution is 7.89. The van der Waals surface area contributed by atoms with Crippen LogP contribution in [0.2, 0.25) is 5.02 Å². The molecule has 10 heteroatoms. The first kappa shape index (κ1) is 21.8. The van der Waals surface area contributed by atoms with Gasteiger partial charge in [-0.2, -0.15) is 0 Å². The van der Waals surface area contributed by atoms with Gasteiger partial charge in [-0.1, -0.05) is 23.7 Å². The lowest BCUT2D eigenvalue weighted by molar-refractivity contribution is -0.120. The van der Waals surface area contributed by atoms with Gasteiger partial charge in [0, 0.05) is 26.1 Å². The van der Waals surface area contributed by atoms with Crippen LogP contribution in [-0.2, 0) is 14.8 Å². The quantitative estimate of drug-likeness (QED) is 0.530. The lowest BCUT2D eigenvalue weighted by Crippen LogP contribution is -2.36. The van der Waals surface area contributed by atoms with Crippen molar-refractivity contribution in [1.29, 1.82) is 0 Å². The average Bonchev–Trinajstić information content (AvgIpc) is 2.65. The monoisotopic (exact) mass is 427 g/mol. The van der Waals surface area contributed by atoms with E-state index < -0.39 is 15.8 Å². The zero-order chi connectivity index (χ0) is 20.6. The fourth-order valence-corrected chi connectivity index (χ4v) is 3.46. The molecule has 3 N–H and O–H groups in total. The minimum Gasteiger partial charge on any atom is -0.354 e. The second-order valence-electron chi connectivity index (χ2n) is 5.69. The number of nitrogens with one attached hydrogen (secondary N) is 3. The Hall–Kier alpha value is -2.49. The molecule has 7 nitrogen and oxygen atoms in total. The van der Waals surface area contributed by atoms with E-state index in [0.29, 0.717) is 10.6 Å². The van der Waals surface area contributed by atoms with Crippen LogP contribution in [0, 0.1) is 5.82 Å². The van der Waals surface area contributed by atoms with Crippen molar-refractivity contribution in [2.75, 3.05) is 19.6 Å². The maximum atomic E-state index is 12.8. The number of carbonyl (C=O) groups is 2. The van der Waals surface area contributed by atoms with Gasteiger partial charge in [-0.05, 0) is 36.4 Å². The molecule has 0 bridgehead atoms. The van der Waals surface area contributed by atoms with E-state index >= 15 is 0 Å². The number of rotatable bonds is 9. The number of benzene rings is 2. The SMILES string of the molecule is O=C(CCNS(=O)(=O)c1ccc(F)cc1)NCCNC(=O)c1ccccc1Cl. The maximum Gasteiger partial charge on any atom is 0.252 e. The van der Waals surface area contributed by atoms with Crippen LogP contribution in [-0.4, -0.2) is 39.9 Å². The zero-order valence-corrected chi connectivity index (χ0v) is 16.3. The van der Waals surface area contributed by atoms with Crippen molar-refractivity contribution in [3.63, 3.8) is 0 Å². The normalized spacial score (nSPS) is 11.1. The summed E-state index contributed by atoms with van der Waals surface area (Å²) in [5.41, 5.74) is 0.339. The van der Waals surface area contributed by atoms with E-state index in [2.05, 4.69) is 15.4 Å². The maximum absolute atomic E-state index is 12.8. The van der Waals surface area contributed by atoms with Crippen LogP contribution < -0.4 is 15.4 Å². The van der Waals surface area contributed by atoms with Gasteiger partial charge in [0.1, 0.15) is 5.82 Å². The van der Waals surface area contributed by atoms with Gasteiger partial charge >= 0.3 is 0 Å². The zero-order valence-electron chi connectivity index (χ0n) is 14.7. The van der Waals surface area contributed by atoms with Crippen LogP contribution in [0.5, 0.6) is 0 Å². The first-order chi connectivity index (χ1) is 13.3. The number of hydrogen-bond acceptors (Lipinski definition) is 4. The summed E-state index contributed by atoms with van der Waals surface area (Å²) in [6.45, 7) is 0.258. The lowest BCUT2D eigenvalue weighted by Gasteiger charge is -2.09. The molecule has 0 unspecified atom stereocenters. The number of amides is 2. The predicted octanol–water partition coefficient (Wildman–Crippen LogP) is 1.69. The van der Waals surface area contributed by atoms with E-state index in [1.54, 1.807) is 24.3 Å². The molecule has 0 radical (unpaired) electrons. The first-order valence-electron chi connectivity index (χ1n) is 8.34. The van der Waals surface area contributed by atoms with E-state index in [9.17, 15) is 22.4 Å². The van der Waals surface area contributed by atoms with Crippen molar-refractivity contribution < 1.29 is 22.4 Å². The van der Waals surface area contributed by atoms with Gasteiger partial charge < -0.3 is 10.6 Å². The van der Waals surface area contributed by atoms with E-state index in [1.807, 2.05) is 0 Å². The van der Waals surface area contributed by atoms with Gasteiger partial charge in [0.05, 0.1) is 15.5 Å². The van der Waals surface area contributed by atoms with E-state index in [1.165, 1.54) is 0 Å². The molecule has 0 fully saturated rings. The van der Waals surface area contributed by atoms with E-state index in [0.717, 1.165) is 24.3 Å². The number of sulfonamides is 1. The summed E-state index contributed by atoms with van der Waals surface area (Å²) in [4.78, 5) is 23.6. The van der Waals surface area contributed by atoms with E-state index in [-0.39, 0.29) is 42.8 Å². The smallest absolute Gasteiger partial charge is 0.252 e. The highest BCUT2D eigenvalue weighted by atomic mass is 35.5. The molecule has 28 heavy (non-hydrogen) atoms. The number of carbonyl (C=O) groups excluding carboxylic acids is 2. The molecule has 0 spiro atoms. The summed E-state index contributed by atoms with van der Waals surface area (Å²) in [5.74, 6) is -1.28. The molecule has 0 aliphatic heterocycles. The third-order valence-corrected chi connectivity index (χ3v) is 5.43. The standard InChI is InChI=1S/C18H19ClFN3O4S/c19-16-4-2-1-3-15(16)18(25)22-12-11-21-17(24)9-10-23-28(26,27)14-7-5-13(20)6-8-14/h1-8,23H,9-12H2,(H,21,24)(H,22,25). The van der Waals surface area contributed by atoms with Gasteiger partial charge in [-0.15, -0.1) is 0 Å². The molecule has 2 aromatic rings. The average molecular weight is 428 g/mol. The van der Waals surface area contributed by atoms with Crippen molar-refractivity contribution >= 4 is 33.4 Å². The molecule has 0 saturated carbocycles. The van der Waals surface area contributed by atoms with Crippen molar-refractivity contribution in [3.8, 4) is 0 Å². The Labute approximate surface area is 167 Å². The van der Waals surface area contributed by atoms with Crippen LogP contribution in [0.15, 0.2) is 53.4 Å². The number of hydrogen-bond donors (Lipinski definition) is 3. The molecule has 0 aromatic heterocycles. The summed E-state index contributed by atoms with van der Waals surface area (Å²) in [6, 6.07) is 10.9. The first-order valence-corrected chi connectivity index (χ1v) is 10.2. The minimum atomic E-state index is -3.81. The highest BCUT2D eigenvalue weighted by Crippen LogP contribution is 2.14. The van der Waals surface area contributed by atoms with Gasteiger partial charge in [0.2, 0.25) is 15.9 Å². The molecule has 0 saturated heterocycles. The molecule has 0 aliphatic carbocycles. The second kappa shape index (κ2) is 10.2. The molecular weight excluding hydrogens is 409 g/mol. The Bertz CT molecular complexity index is 936. The third kappa shape index (κ3) is 6.59. The Balaban J connectivity index is 1.67. The topological polar surface area (TPSA) is 104 Å². The fourth-order valence-electron chi connectivity index (χ4n) is 2.20. The van der Waals surface area contributed by atoms with Crippen LogP contribution in [0.3, 0.4) is 0 Å². The summed E-state index contributed by atoms with van der Waals surface area (Å²) in [5, 5.41) is 5.52. The Kier molecular flexibility index (Phi) is 7.91. The molecule has 2 rings (SSSR count). The van der Waals surface area contributed by atoms with Gasteiger partial charge in [0.15, 0.2) is 0 Å². The molecule has 150 valence electrons. The molecule has 2 amide bonds. The van der Waals surface area contributed by atoms with Gasteiger partial charge in [0.25, 0.3) is 5.91 Å². The predicted molar refractivity (Wildman–Crippen MR) is 103 cm³/mol. The molecule has 0 atom stereocenters. The Morgan fingerprint density at radius 3 is 2.25 bits per heavy atom. The van der Waals surface area contributed by atoms with Crippen molar-refractivity contribution in [1.82, 2.24) is 15.4 Å². The third-order valence-electron chi connectivity index (χ3n) is 3.62. The second-order valence-corrected chi connectivity index (χ2v) is 7.86. The molecule has 0 heterocycles. The molecule has 2 aromatic carbocycles. The van der Waals surface area contributed by atoms with Crippen LogP contribution in [0.25, 0.3) is 0 Å². The van der Waals surface area contributed by atoms with Gasteiger partial charge in [-0.25, -0.2) is 17.5 Å². The van der Waals surface area contributed by atoms with Crippen LogP contribution in [0.4, 0.5) is 4.39 Å². The van der Waals surface area contributed by atoms with Crippen LogP contribution >= 0.6 is 11.6 Å². The summed E-state index contributed by atoms with van der Waals surface area (Å²) >= 11 is 5.92. The fraction of sp³-hybridized carbons (Fsp3) is 0.222. The van der Waals surface area contributed by atoms with Crippen LogP contribution in [0.1, 0.15) is 16.8 Å². The Morgan fingerprint density at radius 1 is 0.929 bits per heavy atom. The van der Waals surface area contributed by atoms with Gasteiger partial charge in [-0.3, -0.25) is 9.59 Å². The van der Waals surface area contributed by atoms with Crippen molar-refractivity contribution in [3.05, 3.63) is 64.9 Å². The highest BCUT2D eigenvalue weighted by Gasteiger charge is 2.14. The lowest BCUT2D eigenvalue weighted by atomic mass is 10.2. The summed E-state index contributed by atoms with van der Waals surface area (Å²) in [7, 11) is -3.81. The molecule has 0 aliphatic rings. The molecular formula is C18H19ClFN3O4S. The largest absolute Gasteiger partial charge is 0.354 e. The minimum absolute atomic E-state index is 0.0844. The van der Waals surface area contributed by atoms with Crippen molar-refractivity contribution in [2.24, 2.45) is 0 Å². The Morgan fingerprint density at radius 2 is 1.57 bits per heavy atom. The van der Waals surface area contributed by atoms with E-state index in [4.69, 9.17) is 11.6 Å². The summed E-state index contributed by atoms with van der Waals surface area (Å²) < 4.78 is 39.1. The van der Waals surface area contributed by atoms with Crippen molar-refractivity contribution in [2.45, 2.75) is 11.3 Å². The summed E-state index contributed by atoms with van der Waals surface area (Å²) in [6.07, 6.45) is -0.0844.